The first kappa shape index (κ1) is 26.6. The van der Waals surface area contributed by atoms with Crippen LogP contribution < -0.4 is 14.8 Å². The second-order valence-electron chi connectivity index (χ2n) is 7.25. The molecule has 1 amide bonds. The number of anilines is 1. The van der Waals surface area contributed by atoms with Gasteiger partial charge in [-0.3, -0.25) is 4.79 Å². The Morgan fingerprint density at radius 3 is 2.46 bits per heavy atom. The van der Waals surface area contributed by atoms with Crippen LogP contribution in [0.5, 0.6) is 11.5 Å². The maximum Gasteiger partial charge on any atom is 0.341 e. The molecule has 9 heteroatoms. The van der Waals surface area contributed by atoms with Crippen molar-refractivity contribution in [2.45, 2.75) is 26.9 Å². The van der Waals surface area contributed by atoms with Gasteiger partial charge in [-0.25, -0.2) is 4.79 Å². The van der Waals surface area contributed by atoms with Gasteiger partial charge >= 0.3 is 5.97 Å². The normalized spacial score (nSPS) is 10.9. The smallest absolute Gasteiger partial charge is 0.341 e. The number of halogens is 2. The van der Waals surface area contributed by atoms with Gasteiger partial charge in [-0.1, -0.05) is 42.3 Å². The van der Waals surface area contributed by atoms with Gasteiger partial charge in [0.15, 0.2) is 11.5 Å². The average molecular weight is 534 g/mol. The molecule has 184 valence electrons. The Balaban J connectivity index is 1.70. The standard InChI is InChI=1S/C26H25Cl2NO5S/c1-4-17-14-18(26(31)33-5-2)25(35-17)29-24(30)12-10-16-9-11-22(23(13-16)32-3)34-15-19-20(27)7-6-8-21(19)28/h6-14H,4-5,15H2,1-3H3,(H,29,30). The zero-order valence-corrected chi connectivity index (χ0v) is 21.9. The third-order valence-corrected chi connectivity index (χ3v) is 6.82. The van der Waals surface area contributed by atoms with Crippen LogP contribution in [0.15, 0.2) is 48.5 Å². The minimum absolute atomic E-state index is 0.176. The van der Waals surface area contributed by atoms with E-state index in [1.165, 1.54) is 24.5 Å². The molecule has 1 heterocycles. The zero-order valence-electron chi connectivity index (χ0n) is 19.5. The number of nitrogens with one attached hydrogen (secondary N) is 1. The van der Waals surface area contributed by atoms with E-state index >= 15 is 0 Å². The number of rotatable bonds is 10. The highest BCUT2D eigenvalue weighted by Crippen LogP contribution is 2.32. The van der Waals surface area contributed by atoms with Crippen molar-refractivity contribution in [3.63, 3.8) is 0 Å². The van der Waals surface area contributed by atoms with Crippen LogP contribution in [0.4, 0.5) is 5.00 Å². The SMILES string of the molecule is CCOC(=O)c1cc(CC)sc1NC(=O)C=Cc1ccc(OCc2c(Cl)cccc2Cl)c(OC)c1. The van der Waals surface area contributed by atoms with Crippen molar-refractivity contribution in [3.05, 3.63) is 80.2 Å². The van der Waals surface area contributed by atoms with Gasteiger partial charge in [0.05, 0.1) is 19.3 Å². The number of methoxy groups -OCH3 is 1. The number of thiophene rings is 1. The van der Waals surface area contributed by atoms with E-state index in [9.17, 15) is 9.59 Å². The molecule has 3 aromatic rings. The minimum atomic E-state index is -0.457. The predicted molar refractivity (Wildman–Crippen MR) is 141 cm³/mol. The quantitative estimate of drug-likeness (QED) is 0.223. The summed E-state index contributed by atoms with van der Waals surface area (Å²) in [4.78, 5) is 25.7. The van der Waals surface area contributed by atoms with Gasteiger partial charge in [-0.05, 0) is 55.3 Å². The summed E-state index contributed by atoms with van der Waals surface area (Å²) < 4.78 is 16.4. The van der Waals surface area contributed by atoms with E-state index in [1.54, 1.807) is 55.5 Å². The van der Waals surface area contributed by atoms with Crippen LogP contribution in [0.3, 0.4) is 0 Å². The first-order valence-electron chi connectivity index (χ1n) is 10.9. The summed E-state index contributed by atoms with van der Waals surface area (Å²) in [7, 11) is 1.53. The first-order chi connectivity index (χ1) is 16.9. The monoisotopic (exact) mass is 533 g/mol. The summed E-state index contributed by atoms with van der Waals surface area (Å²) in [5, 5.41) is 4.28. The summed E-state index contributed by atoms with van der Waals surface area (Å²) in [5.41, 5.74) is 1.77. The molecule has 6 nitrogen and oxygen atoms in total. The fourth-order valence-electron chi connectivity index (χ4n) is 3.12. The Labute approximate surface area is 218 Å². The van der Waals surface area contributed by atoms with Crippen LogP contribution >= 0.6 is 34.5 Å². The lowest BCUT2D eigenvalue weighted by Gasteiger charge is -2.13. The molecule has 0 aliphatic carbocycles. The lowest BCUT2D eigenvalue weighted by atomic mass is 10.2. The molecule has 2 aromatic carbocycles. The highest BCUT2D eigenvalue weighted by molar-refractivity contribution is 7.16. The van der Waals surface area contributed by atoms with Crippen LogP contribution in [-0.4, -0.2) is 25.6 Å². The summed E-state index contributed by atoms with van der Waals surface area (Å²) in [6, 6.07) is 12.3. The van der Waals surface area contributed by atoms with Gasteiger partial charge in [0.2, 0.25) is 5.91 Å². The lowest BCUT2D eigenvalue weighted by molar-refractivity contribution is -0.111. The summed E-state index contributed by atoms with van der Waals surface area (Å²) in [6.07, 6.45) is 3.78. The topological polar surface area (TPSA) is 73.9 Å². The summed E-state index contributed by atoms with van der Waals surface area (Å²) in [5.74, 6) is 0.176. The van der Waals surface area contributed by atoms with Crippen molar-refractivity contribution in [2.24, 2.45) is 0 Å². The minimum Gasteiger partial charge on any atom is -0.493 e. The van der Waals surface area contributed by atoms with E-state index in [0.717, 1.165) is 16.9 Å². The maximum atomic E-state index is 12.5. The fraction of sp³-hybridized carbons (Fsp3) is 0.231. The third kappa shape index (κ3) is 7.01. The van der Waals surface area contributed by atoms with E-state index in [4.69, 9.17) is 37.4 Å². The van der Waals surface area contributed by atoms with Gasteiger partial charge in [-0.15, -0.1) is 11.3 Å². The largest absolute Gasteiger partial charge is 0.493 e. The number of esters is 1. The molecule has 35 heavy (non-hydrogen) atoms. The number of hydrogen-bond donors (Lipinski definition) is 1. The molecule has 1 aromatic heterocycles. The van der Waals surface area contributed by atoms with Gasteiger partial charge in [0.1, 0.15) is 11.6 Å². The van der Waals surface area contributed by atoms with E-state index < -0.39 is 5.97 Å². The van der Waals surface area contributed by atoms with Crippen LogP contribution in [0, 0.1) is 0 Å². The molecule has 0 spiro atoms. The Bertz CT molecular complexity index is 1220. The fourth-order valence-corrected chi connectivity index (χ4v) is 4.62. The van der Waals surface area contributed by atoms with Crippen LogP contribution in [0.25, 0.3) is 6.08 Å². The van der Waals surface area contributed by atoms with Crippen molar-refractivity contribution < 1.29 is 23.8 Å². The summed E-state index contributed by atoms with van der Waals surface area (Å²) >= 11 is 13.8. The number of benzene rings is 2. The van der Waals surface area contributed by atoms with Crippen molar-refractivity contribution in [1.29, 1.82) is 0 Å². The molecule has 0 radical (unpaired) electrons. The average Bonchev–Trinajstić information content (AvgIpc) is 3.25. The molecule has 0 bridgehead atoms. The van der Waals surface area contributed by atoms with Gasteiger partial charge in [0, 0.05) is 26.6 Å². The second-order valence-corrected chi connectivity index (χ2v) is 9.20. The number of hydrogen-bond acceptors (Lipinski definition) is 6. The van der Waals surface area contributed by atoms with Crippen molar-refractivity contribution in [3.8, 4) is 11.5 Å². The number of carbonyl (C=O) groups excluding carboxylic acids is 2. The number of carbonyl (C=O) groups is 2. The highest BCUT2D eigenvalue weighted by Gasteiger charge is 2.18. The zero-order chi connectivity index (χ0) is 25.4. The second kappa shape index (κ2) is 12.6. The summed E-state index contributed by atoms with van der Waals surface area (Å²) in [6.45, 7) is 4.16. The molecule has 0 aliphatic rings. The Morgan fingerprint density at radius 1 is 1.06 bits per heavy atom. The molecule has 0 atom stereocenters. The maximum absolute atomic E-state index is 12.5. The molecular weight excluding hydrogens is 509 g/mol. The molecule has 0 aliphatic heterocycles. The molecule has 1 N–H and O–H groups in total. The highest BCUT2D eigenvalue weighted by atomic mass is 35.5. The van der Waals surface area contributed by atoms with E-state index in [1.807, 2.05) is 6.92 Å². The third-order valence-electron chi connectivity index (χ3n) is 4.91. The Morgan fingerprint density at radius 2 is 1.80 bits per heavy atom. The molecule has 0 saturated carbocycles. The Kier molecular flexibility index (Phi) is 9.60. The molecule has 0 unspecified atom stereocenters. The lowest BCUT2D eigenvalue weighted by Crippen LogP contribution is -2.11. The molecule has 0 saturated heterocycles. The van der Waals surface area contributed by atoms with Crippen molar-refractivity contribution in [1.82, 2.24) is 0 Å². The van der Waals surface area contributed by atoms with Gasteiger partial charge < -0.3 is 19.5 Å². The van der Waals surface area contributed by atoms with E-state index in [2.05, 4.69) is 5.32 Å². The number of aryl methyl sites for hydroxylation is 1. The Hall–Kier alpha value is -3.00. The molecule has 0 fully saturated rings. The van der Waals surface area contributed by atoms with Crippen molar-refractivity contribution >= 4 is 57.5 Å². The first-order valence-corrected chi connectivity index (χ1v) is 12.5. The molecular formula is C26H25Cl2NO5S. The number of amides is 1. The number of ether oxygens (including phenoxy) is 3. The van der Waals surface area contributed by atoms with Crippen LogP contribution in [0.1, 0.15) is 40.2 Å². The molecule has 3 rings (SSSR count). The van der Waals surface area contributed by atoms with E-state index in [-0.39, 0.29) is 19.1 Å². The van der Waals surface area contributed by atoms with Gasteiger partial charge in [-0.2, -0.15) is 0 Å². The van der Waals surface area contributed by atoms with Crippen molar-refractivity contribution in [2.75, 3.05) is 19.0 Å². The van der Waals surface area contributed by atoms with Gasteiger partial charge in [0.25, 0.3) is 0 Å². The van der Waals surface area contributed by atoms with Crippen LogP contribution in [-0.2, 0) is 22.6 Å². The van der Waals surface area contributed by atoms with E-state index in [0.29, 0.717) is 37.7 Å². The van der Waals surface area contributed by atoms with Crippen LogP contribution in [0.2, 0.25) is 10.0 Å². The predicted octanol–water partition coefficient (Wildman–Crippen LogP) is 7.03.